The highest BCUT2D eigenvalue weighted by Gasteiger charge is 2.21. The van der Waals surface area contributed by atoms with E-state index in [1.165, 1.54) is 4.90 Å². The van der Waals surface area contributed by atoms with Gasteiger partial charge in [0.1, 0.15) is 6.54 Å². The Kier molecular flexibility index (Phi) is 5.82. The number of nitrogens with zero attached hydrogens (tertiary/aromatic N) is 2. The lowest BCUT2D eigenvalue weighted by molar-refractivity contribution is -0.137. The van der Waals surface area contributed by atoms with Gasteiger partial charge in [0.2, 0.25) is 0 Å². The van der Waals surface area contributed by atoms with E-state index in [1.807, 2.05) is 30.7 Å². The topological polar surface area (TPSA) is 60.9 Å². The summed E-state index contributed by atoms with van der Waals surface area (Å²) in [5, 5.41) is 12.8. The van der Waals surface area contributed by atoms with Crippen LogP contribution in [0.15, 0.2) is 16.8 Å². The Morgan fingerprint density at radius 2 is 2.11 bits per heavy atom. The van der Waals surface area contributed by atoms with Crippen molar-refractivity contribution in [3.05, 3.63) is 22.4 Å². The van der Waals surface area contributed by atoms with Gasteiger partial charge in [0.05, 0.1) is 0 Å². The van der Waals surface area contributed by atoms with Crippen molar-refractivity contribution in [3.63, 3.8) is 0 Å². The number of carboxylic acid groups (broad SMARTS) is 1. The normalized spacial score (nSPS) is 10.5. The van der Waals surface area contributed by atoms with Gasteiger partial charge >= 0.3 is 12.0 Å². The van der Waals surface area contributed by atoms with Crippen LogP contribution in [0.5, 0.6) is 0 Å². The van der Waals surface area contributed by atoms with Gasteiger partial charge in [-0.1, -0.05) is 13.8 Å². The SMILES string of the molecule is CC(C)CN(CC(=O)O)C(=O)N(C)Cc1ccsc1. The van der Waals surface area contributed by atoms with Crippen LogP contribution in [0.3, 0.4) is 0 Å². The van der Waals surface area contributed by atoms with Gasteiger partial charge in [-0.15, -0.1) is 0 Å². The summed E-state index contributed by atoms with van der Waals surface area (Å²) in [4.78, 5) is 26.0. The summed E-state index contributed by atoms with van der Waals surface area (Å²) < 4.78 is 0. The molecule has 1 N–H and O–H groups in total. The van der Waals surface area contributed by atoms with Crippen LogP contribution in [0.25, 0.3) is 0 Å². The number of carbonyl (C=O) groups excluding carboxylic acids is 1. The highest BCUT2D eigenvalue weighted by molar-refractivity contribution is 7.07. The summed E-state index contributed by atoms with van der Waals surface area (Å²) in [7, 11) is 1.69. The van der Waals surface area contributed by atoms with Crippen LogP contribution in [0, 0.1) is 5.92 Å². The summed E-state index contributed by atoms with van der Waals surface area (Å²) in [6.45, 7) is 4.60. The molecule has 0 saturated heterocycles. The number of rotatable bonds is 6. The molecule has 0 aromatic carbocycles. The maximum atomic E-state index is 12.2. The first-order valence-corrected chi connectivity index (χ1v) is 7.07. The summed E-state index contributed by atoms with van der Waals surface area (Å²) >= 11 is 1.58. The van der Waals surface area contributed by atoms with Crippen LogP contribution >= 0.6 is 11.3 Å². The largest absolute Gasteiger partial charge is 0.480 e. The number of urea groups is 1. The lowest BCUT2D eigenvalue weighted by atomic mass is 10.2. The molecular weight excluding hydrogens is 264 g/mol. The molecule has 2 amide bonds. The molecule has 19 heavy (non-hydrogen) atoms. The first-order valence-electron chi connectivity index (χ1n) is 6.13. The predicted molar refractivity (Wildman–Crippen MR) is 75.2 cm³/mol. The molecule has 1 heterocycles. The molecular formula is C13H20N2O3S. The van der Waals surface area contributed by atoms with Crippen molar-refractivity contribution >= 4 is 23.3 Å². The Bertz CT molecular complexity index is 418. The second-order valence-corrected chi connectivity index (χ2v) is 5.72. The quantitative estimate of drug-likeness (QED) is 0.872. The lowest BCUT2D eigenvalue weighted by Gasteiger charge is -2.28. The number of hydrogen-bond acceptors (Lipinski definition) is 3. The maximum Gasteiger partial charge on any atom is 0.323 e. The fourth-order valence-electron chi connectivity index (χ4n) is 1.78. The van der Waals surface area contributed by atoms with Gasteiger partial charge in [-0.25, -0.2) is 4.79 Å². The van der Waals surface area contributed by atoms with E-state index in [2.05, 4.69) is 0 Å². The molecule has 0 bridgehead atoms. The molecule has 0 spiro atoms. The Morgan fingerprint density at radius 3 is 2.58 bits per heavy atom. The molecule has 6 heteroatoms. The molecule has 5 nitrogen and oxygen atoms in total. The zero-order valence-corrected chi connectivity index (χ0v) is 12.3. The number of aliphatic carboxylic acids is 1. The van der Waals surface area contributed by atoms with Gasteiger partial charge in [-0.3, -0.25) is 4.79 Å². The summed E-state index contributed by atoms with van der Waals surface area (Å²) in [5.74, 6) is -0.754. The smallest absolute Gasteiger partial charge is 0.323 e. The molecule has 0 aliphatic heterocycles. The fourth-order valence-corrected chi connectivity index (χ4v) is 2.44. The van der Waals surface area contributed by atoms with Crippen molar-refractivity contribution < 1.29 is 14.7 Å². The minimum absolute atomic E-state index is 0.234. The van der Waals surface area contributed by atoms with Crippen molar-refractivity contribution in [1.29, 1.82) is 0 Å². The van der Waals surface area contributed by atoms with E-state index in [-0.39, 0.29) is 18.5 Å². The van der Waals surface area contributed by atoms with Gasteiger partial charge in [0, 0.05) is 20.1 Å². The lowest BCUT2D eigenvalue weighted by Crippen LogP contribution is -2.45. The van der Waals surface area contributed by atoms with Crippen molar-refractivity contribution in [2.45, 2.75) is 20.4 Å². The predicted octanol–water partition coefficient (Wildman–Crippen LogP) is 2.34. The van der Waals surface area contributed by atoms with E-state index >= 15 is 0 Å². The highest BCUT2D eigenvalue weighted by Crippen LogP contribution is 2.10. The van der Waals surface area contributed by atoms with Gasteiger partial charge in [-0.05, 0) is 28.3 Å². The summed E-state index contributed by atoms with van der Waals surface area (Å²) in [6, 6.07) is 1.71. The minimum Gasteiger partial charge on any atom is -0.480 e. The average Bonchev–Trinajstić information content (AvgIpc) is 2.78. The monoisotopic (exact) mass is 284 g/mol. The number of hydrogen-bond donors (Lipinski definition) is 1. The highest BCUT2D eigenvalue weighted by atomic mass is 32.1. The van der Waals surface area contributed by atoms with Crippen LogP contribution < -0.4 is 0 Å². The first kappa shape index (κ1) is 15.5. The zero-order valence-electron chi connectivity index (χ0n) is 11.5. The standard InChI is InChI=1S/C13H20N2O3S/c1-10(2)6-15(8-12(16)17)13(18)14(3)7-11-4-5-19-9-11/h4-5,9-10H,6-8H2,1-3H3,(H,16,17). The Balaban J connectivity index is 2.66. The molecule has 0 fully saturated rings. The van der Waals surface area contributed by atoms with E-state index in [9.17, 15) is 9.59 Å². The fraction of sp³-hybridized carbons (Fsp3) is 0.538. The van der Waals surface area contributed by atoms with Crippen LogP contribution in [0.4, 0.5) is 4.79 Å². The molecule has 1 aromatic heterocycles. The zero-order chi connectivity index (χ0) is 14.4. The van der Waals surface area contributed by atoms with E-state index in [0.29, 0.717) is 13.1 Å². The number of thiophene rings is 1. The van der Waals surface area contributed by atoms with Crippen molar-refractivity contribution in [2.24, 2.45) is 5.92 Å². The molecule has 0 aliphatic rings. The molecule has 0 aliphatic carbocycles. The van der Waals surface area contributed by atoms with Crippen LogP contribution in [-0.2, 0) is 11.3 Å². The maximum absolute atomic E-state index is 12.2. The Morgan fingerprint density at radius 1 is 1.42 bits per heavy atom. The summed E-state index contributed by atoms with van der Waals surface area (Å²) in [6.07, 6.45) is 0. The third-order valence-electron chi connectivity index (χ3n) is 2.51. The third kappa shape index (κ3) is 5.30. The Hall–Kier alpha value is -1.56. The number of carbonyl (C=O) groups is 2. The first-order chi connectivity index (χ1) is 8.90. The van der Waals surface area contributed by atoms with E-state index < -0.39 is 5.97 Å². The second kappa shape index (κ2) is 7.13. The van der Waals surface area contributed by atoms with Gasteiger partial charge in [0.25, 0.3) is 0 Å². The third-order valence-corrected chi connectivity index (χ3v) is 3.24. The summed E-state index contributed by atoms with van der Waals surface area (Å²) in [5.41, 5.74) is 1.06. The van der Waals surface area contributed by atoms with E-state index in [0.717, 1.165) is 5.56 Å². The van der Waals surface area contributed by atoms with E-state index in [4.69, 9.17) is 5.11 Å². The molecule has 1 rings (SSSR count). The average molecular weight is 284 g/mol. The Labute approximate surface area is 117 Å². The van der Waals surface area contributed by atoms with E-state index in [1.54, 1.807) is 23.3 Å². The van der Waals surface area contributed by atoms with Crippen molar-refractivity contribution in [2.75, 3.05) is 20.1 Å². The molecule has 1 aromatic rings. The second-order valence-electron chi connectivity index (χ2n) is 4.94. The van der Waals surface area contributed by atoms with Gasteiger partial charge in [-0.2, -0.15) is 11.3 Å². The molecule has 0 saturated carbocycles. The molecule has 0 unspecified atom stereocenters. The van der Waals surface area contributed by atoms with Gasteiger partial charge in [0.15, 0.2) is 0 Å². The van der Waals surface area contributed by atoms with Crippen LogP contribution in [0.2, 0.25) is 0 Å². The number of carboxylic acids is 1. The van der Waals surface area contributed by atoms with Crippen molar-refractivity contribution in [1.82, 2.24) is 9.80 Å². The molecule has 0 atom stereocenters. The van der Waals surface area contributed by atoms with Crippen LogP contribution in [-0.4, -0.2) is 47.0 Å². The van der Waals surface area contributed by atoms with Crippen molar-refractivity contribution in [3.8, 4) is 0 Å². The minimum atomic E-state index is -0.988. The van der Waals surface area contributed by atoms with Gasteiger partial charge < -0.3 is 14.9 Å². The van der Waals surface area contributed by atoms with Crippen LogP contribution in [0.1, 0.15) is 19.4 Å². The molecule has 0 radical (unpaired) electrons. The number of amides is 2. The molecule has 106 valence electrons.